The van der Waals surface area contributed by atoms with E-state index in [1.165, 1.54) is 18.7 Å². The maximum Gasteiger partial charge on any atom is 0.349 e. The molecule has 4 aromatic rings. The lowest BCUT2D eigenvalue weighted by atomic mass is 10.1. The molecule has 2 aromatic carbocycles. The summed E-state index contributed by atoms with van der Waals surface area (Å²) in [6.45, 7) is 2.77. The van der Waals surface area contributed by atoms with Crippen molar-refractivity contribution < 1.29 is 13.9 Å². The zero-order valence-corrected chi connectivity index (χ0v) is 16.6. The van der Waals surface area contributed by atoms with Crippen LogP contribution in [0.4, 0.5) is 0 Å². The monoisotopic (exact) mass is 404 g/mol. The molecule has 0 aliphatic heterocycles. The fourth-order valence-corrected chi connectivity index (χ4v) is 3.16. The van der Waals surface area contributed by atoms with Gasteiger partial charge in [0.25, 0.3) is 5.91 Å². The predicted octanol–water partition coefficient (Wildman–Crippen LogP) is 2.68. The number of nitrogens with one attached hydrogen (secondary N) is 1. The lowest BCUT2D eigenvalue weighted by Crippen LogP contribution is -2.28. The van der Waals surface area contributed by atoms with Crippen molar-refractivity contribution in [2.24, 2.45) is 0 Å². The van der Waals surface area contributed by atoms with E-state index in [0.717, 1.165) is 5.56 Å². The lowest BCUT2D eigenvalue weighted by Gasteiger charge is -2.06. The lowest BCUT2D eigenvalue weighted by molar-refractivity contribution is 0.0947. The highest BCUT2D eigenvalue weighted by Crippen LogP contribution is 2.24. The van der Waals surface area contributed by atoms with Crippen LogP contribution in [0.3, 0.4) is 0 Å². The summed E-state index contributed by atoms with van der Waals surface area (Å²) in [6.07, 6.45) is 1.76. The van der Waals surface area contributed by atoms with Gasteiger partial charge in [-0.3, -0.25) is 4.79 Å². The average Bonchev–Trinajstić information content (AvgIpc) is 3.20. The van der Waals surface area contributed by atoms with E-state index in [-0.39, 0.29) is 12.1 Å². The molecular formula is C22H20N4O4. The van der Waals surface area contributed by atoms with E-state index in [4.69, 9.17) is 9.15 Å². The van der Waals surface area contributed by atoms with Crippen LogP contribution in [0.5, 0.6) is 5.75 Å². The van der Waals surface area contributed by atoms with Crippen LogP contribution >= 0.6 is 0 Å². The zero-order chi connectivity index (χ0) is 21.1. The van der Waals surface area contributed by atoms with Gasteiger partial charge in [0.1, 0.15) is 11.3 Å². The summed E-state index contributed by atoms with van der Waals surface area (Å²) >= 11 is 0. The van der Waals surface area contributed by atoms with Crippen molar-refractivity contribution in [3.63, 3.8) is 0 Å². The third kappa shape index (κ3) is 3.93. The van der Waals surface area contributed by atoms with Gasteiger partial charge in [-0.1, -0.05) is 41.6 Å². The van der Waals surface area contributed by atoms with Gasteiger partial charge in [-0.15, -0.1) is 5.10 Å². The van der Waals surface area contributed by atoms with Crippen molar-refractivity contribution >= 4 is 16.9 Å². The topological polar surface area (TPSA) is 99.2 Å². The first-order chi connectivity index (χ1) is 14.5. The maximum atomic E-state index is 12.5. The number of fused-ring (bicyclic) bond motifs is 1. The Hall–Kier alpha value is -3.94. The molecule has 0 spiro atoms. The number of para-hydroxylation sites is 1. The largest absolute Gasteiger partial charge is 0.493 e. The molecule has 0 saturated heterocycles. The summed E-state index contributed by atoms with van der Waals surface area (Å²) in [7, 11) is 1.49. The van der Waals surface area contributed by atoms with Gasteiger partial charge in [0.15, 0.2) is 11.3 Å². The Balaban J connectivity index is 1.46. The number of hydrogen-bond donors (Lipinski definition) is 1. The van der Waals surface area contributed by atoms with Crippen LogP contribution in [0.1, 0.15) is 27.2 Å². The SMILES string of the molecule is COc1cccc2cc(C(=O)NCc3cn(Cc4ccccc4C)nn3)c(=O)oc12. The minimum atomic E-state index is -0.729. The van der Waals surface area contributed by atoms with Gasteiger partial charge in [-0.25, -0.2) is 9.48 Å². The van der Waals surface area contributed by atoms with E-state index in [2.05, 4.69) is 15.6 Å². The Bertz CT molecular complexity index is 1280. The molecule has 0 atom stereocenters. The second-order valence-electron chi connectivity index (χ2n) is 6.84. The molecule has 0 bridgehead atoms. The third-order valence-corrected chi connectivity index (χ3v) is 4.80. The first-order valence-corrected chi connectivity index (χ1v) is 9.37. The summed E-state index contributed by atoms with van der Waals surface area (Å²) in [5, 5.41) is 11.5. The zero-order valence-electron chi connectivity index (χ0n) is 16.6. The van der Waals surface area contributed by atoms with E-state index in [1.54, 1.807) is 29.1 Å². The highest BCUT2D eigenvalue weighted by atomic mass is 16.5. The van der Waals surface area contributed by atoms with E-state index in [1.807, 2.05) is 31.2 Å². The molecule has 0 fully saturated rings. The molecule has 1 amide bonds. The first kappa shape index (κ1) is 19.4. The van der Waals surface area contributed by atoms with Crippen LogP contribution in [0.2, 0.25) is 0 Å². The number of aryl methyl sites for hydroxylation is 1. The van der Waals surface area contributed by atoms with Crippen molar-refractivity contribution in [2.75, 3.05) is 7.11 Å². The molecule has 0 aliphatic rings. The smallest absolute Gasteiger partial charge is 0.349 e. The van der Waals surface area contributed by atoms with Gasteiger partial charge in [-0.2, -0.15) is 0 Å². The molecule has 2 heterocycles. The summed E-state index contributed by atoms with van der Waals surface area (Å²) in [5.41, 5.74) is 2.39. The molecule has 0 saturated carbocycles. The summed E-state index contributed by atoms with van der Waals surface area (Å²) in [6, 6.07) is 14.7. The Labute approximate surface area is 172 Å². The predicted molar refractivity (Wildman–Crippen MR) is 111 cm³/mol. The number of carbonyl (C=O) groups is 1. The van der Waals surface area contributed by atoms with E-state index in [0.29, 0.717) is 29.0 Å². The van der Waals surface area contributed by atoms with Crippen LogP contribution in [0.15, 0.2) is 63.9 Å². The first-order valence-electron chi connectivity index (χ1n) is 9.37. The number of aromatic nitrogens is 3. The number of hydrogen-bond acceptors (Lipinski definition) is 6. The number of ether oxygens (including phenoxy) is 1. The minimum absolute atomic E-state index is 0.0805. The molecule has 1 N–H and O–H groups in total. The quantitative estimate of drug-likeness (QED) is 0.496. The van der Waals surface area contributed by atoms with Gasteiger partial charge in [0, 0.05) is 5.39 Å². The minimum Gasteiger partial charge on any atom is -0.493 e. The number of methoxy groups -OCH3 is 1. The fraction of sp³-hybridized carbons (Fsp3) is 0.182. The number of benzene rings is 2. The molecule has 0 radical (unpaired) electrons. The second-order valence-corrected chi connectivity index (χ2v) is 6.84. The Morgan fingerprint density at radius 1 is 1.20 bits per heavy atom. The molecule has 8 nitrogen and oxygen atoms in total. The van der Waals surface area contributed by atoms with E-state index >= 15 is 0 Å². The van der Waals surface area contributed by atoms with Crippen LogP contribution in [0, 0.1) is 6.92 Å². The summed E-state index contributed by atoms with van der Waals surface area (Å²) in [5.74, 6) is -0.108. The third-order valence-electron chi connectivity index (χ3n) is 4.80. The molecule has 0 unspecified atom stereocenters. The number of amides is 1. The molecule has 8 heteroatoms. The maximum absolute atomic E-state index is 12.5. The Morgan fingerprint density at radius 3 is 2.83 bits per heavy atom. The standard InChI is InChI=1S/C22H20N4O4/c1-14-6-3-4-7-16(14)12-26-13-17(24-25-26)11-23-21(27)18-10-15-8-5-9-19(29-2)20(15)30-22(18)28/h3-10,13H,11-12H2,1-2H3,(H,23,27). The Kier molecular flexibility index (Phi) is 5.30. The average molecular weight is 404 g/mol. The summed E-state index contributed by atoms with van der Waals surface area (Å²) < 4.78 is 12.2. The molecule has 0 aliphatic carbocycles. The van der Waals surface area contributed by atoms with Gasteiger partial charge < -0.3 is 14.5 Å². The normalized spacial score (nSPS) is 10.9. The fourth-order valence-electron chi connectivity index (χ4n) is 3.16. The van der Waals surface area contributed by atoms with Crippen molar-refractivity contribution in [2.45, 2.75) is 20.0 Å². The van der Waals surface area contributed by atoms with Crippen LogP contribution in [-0.4, -0.2) is 28.0 Å². The van der Waals surface area contributed by atoms with Gasteiger partial charge in [0.05, 0.1) is 26.4 Å². The number of nitrogens with zero attached hydrogens (tertiary/aromatic N) is 3. The molecule has 30 heavy (non-hydrogen) atoms. The molecule has 152 valence electrons. The Morgan fingerprint density at radius 2 is 2.03 bits per heavy atom. The van der Waals surface area contributed by atoms with Crippen molar-refractivity contribution in [3.05, 3.63) is 87.5 Å². The van der Waals surface area contributed by atoms with Crippen LogP contribution < -0.4 is 15.7 Å². The number of carbonyl (C=O) groups excluding carboxylic acids is 1. The van der Waals surface area contributed by atoms with Crippen LogP contribution in [-0.2, 0) is 13.1 Å². The van der Waals surface area contributed by atoms with Gasteiger partial charge in [0.2, 0.25) is 0 Å². The molecular weight excluding hydrogens is 384 g/mol. The molecule has 2 aromatic heterocycles. The van der Waals surface area contributed by atoms with Gasteiger partial charge >= 0.3 is 5.63 Å². The van der Waals surface area contributed by atoms with E-state index in [9.17, 15) is 9.59 Å². The molecule has 4 rings (SSSR count). The van der Waals surface area contributed by atoms with Gasteiger partial charge in [-0.05, 0) is 30.2 Å². The second kappa shape index (κ2) is 8.20. The van der Waals surface area contributed by atoms with Crippen LogP contribution in [0.25, 0.3) is 11.0 Å². The van der Waals surface area contributed by atoms with Crippen molar-refractivity contribution in [3.8, 4) is 5.75 Å². The highest BCUT2D eigenvalue weighted by Gasteiger charge is 2.16. The number of rotatable bonds is 6. The van der Waals surface area contributed by atoms with E-state index < -0.39 is 11.5 Å². The summed E-state index contributed by atoms with van der Waals surface area (Å²) in [4.78, 5) is 24.8. The highest BCUT2D eigenvalue weighted by molar-refractivity contribution is 5.97. The van der Waals surface area contributed by atoms with Crippen molar-refractivity contribution in [1.82, 2.24) is 20.3 Å². The van der Waals surface area contributed by atoms with Crippen molar-refractivity contribution in [1.29, 1.82) is 0 Å².